The quantitative estimate of drug-likeness (QED) is 0.789. The van der Waals surface area contributed by atoms with Crippen molar-refractivity contribution in [1.29, 1.82) is 0 Å². The van der Waals surface area contributed by atoms with Crippen LogP contribution in [0, 0.1) is 11.6 Å². The number of carbonyl (C=O) groups excluding carboxylic acids is 2. The minimum absolute atomic E-state index is 0.0964. The number of benzene rings is 2. The molecule has 0 saturated heterocycles. The second kappa shape index (κ2) is 6.39. The van der Waals surface area contributed by atoms with Crippen LogP contribution < -0.4 is 9.47 Å². The lowest BCUT2D eigenvalue weighted by Gasteiger charge is -2.10. The number of ether oxygens (including phenoxy) is 2. The van der Waals surface area contributed by atoms with Crippen molar-refractivity contribution in [3.8, 4) is 11.5 Å². The molecule has 0 aliphatic carbocycles. The average molecular weight is 332 g/mol. The van der Waals surface area contributed by atoms with Crippen molar-refractivity contribution in [3.63, 3.8) is 0 Å². The largest absolute Gasteiger partial charge is 0.492 e. The van der Waals surface area contributed by atoms with Crippen LogP contribution in [0.25, 0.3) is 0 Å². The fraction of sp³-hybridized carbons (Fsp3) is 0.222. The second-order valence-corrected chi connectivity index (χ2v) is 5.47. The van der Waals surface area contributed by atoms with E-state index in [2.05, 4.69) is 0 Å². The molecule has 0 fully saturated rings. The van der Waals surface area contributed by atoms with Gasteiger partial charge in [0.15, 0.2) is 5.78 Å². The number of halogens is 2. The first-order valence-corrected chi connectivity index (χ1v) is 7.34. The van der Waals surface area contributed by atoms with E-state index in [1.54, 1.807) is 18.2 Å². The minimum Gasteiger partial charge on any atom is -0.492 e. The summed E-state index contributed by atoms with van der Waals surface area (Å²) in [5.41, 5.74) is 0.447. The third kappa shape index (κ3) is 2.99. The molecule has 4 nitrogen and oxygen atoms in total. The van der Waals surface area contributed by atoms with Crippen molar-refractivity contribution in [1.82, 2.24) is 0 Å². The van der Waals surface area contributed by atoms with Gasteiger partial charge in [0, 0.05) is 18.6 Å². The molecule has 0 bridgehead atoms. The summed E-state index contributed by atoms with van der Waals surface area (Å²) in [6.45, 7) is 1.05. The molecular weight excluding hydrogens is 318 g/mol. The van der Waals surface area contributed by atoms with Crippen molar-refractivity contribution in [3.05, 3.63) is 59.2 Å². The first-order valence-electron chi connectivity index (χ1n) is 7.34. The zero-order chi connectivity index (χ0) is 17.3. The summed E-state index contributed by atoms with van der Waals surface area (Å²) in [5, 5.41) is 0. The topological polar surface area (TPSA) is 52.6 Å². The highest BCUT2D eigenvalue weighted by molar-refractivity contribution is 6.38. The van der Waals surface area contributed by atoms with E-state index in [0.717, 1.165) is 12.1 Å². The zero-order valence-electron chi connectivity index (χ0n) is 12.8. The molecule has 0 N–H and O–H groups in total. The van der Waals surface area contributed by atoms with Crippen LogP contribution in [0.5, 0.6) is 11.5 Å². The van der Waals surface area contributed by atoms with Crippen molar-refractivity contribution in [2.45, 2.75) is 19.4 Å². The standard InChI is InChI=1S/C18H14F2O4/c1-10(21)18(22)13-8-24-17-7-11(5-6-12(13)17)23-9-14-15(19)3-2-4-16(14)20/h2-7,13H,8-9H2,1H3/t13-/m1/s1. The van der Waals surface area contributed by atoms with Crippen molar-refractivity contribution in [2.24, 2.45) is 0 Å². The molecule has 24 heavy (non-hydrogen) atoms. The van der Waals surface area contributed by atoms with Crippen molar-refractivity contribution < 1.29 is 27.8 Å². The highest BCUT2D eigenvalue weighted by Gasteiger charge is 2.32. The Morgan fingerprint density at radius 2 is 1.92 bits per heavy atom. The van der Waals surface area contributed by atoms with Gasteiger partial charge in [0.1, 0.15) is 36.3 Å². The number of hydrogen-bond acceptors (Lipinski definition) is 4. The van der Waals surface area contributed by atoms with E-state index in [4.69, 9.17) is 9.47 Å². The average Bonchev–Trinajstić information content (AvgIpc) is 2.96. The molecular formula is C18H14F2O4. The van der Waals surface area contributed by atoms with Crippen LogP contribution in [-0.2, 0) is 16.2 Å². The van der Waals surface area contributed by atoms with Gasteiger partial charge in [0.25, 0.3) is 0 Å². The Bertz CT molecular complexity index is 796. The molecule has 0 radical (unpaired) electrons. The van der Waals surface area contributed by atoms with Crippen LogP contribution in [0.15, 0.2) is 36.4 Å². The highest BCUT2D eigenvalue weighted by atomic mass is 19.1. The molecule has 0 unspecified atom stereocenters. The number of carbonyl (C=O) groups is 2. The Hall–Kier alpha value is -2.76. The van der Waals surface area contributed by atoms with Gasteiger partial charge in [-0.15, -0.1) is 0 Å². The van der Waals surface area contributed by atoms with Crippen LogP contribution in [-0.4, -0.2) is 18.2 Å². The zero-order valence-corrected chi connectivity index (χ0v) is 12.8. The van der Waals surface area contributed by atoms with Gasteiger partial charge in [-0.25, -0.2) is 8.78 Å². The molecule has 1 aliphatic heterocycles. The lowest BCUT2D eigenvalue weighted by molar-refractivity contribution is -0.136. The Morgan fingerprint density at radius 3 is 2.58 bits per heavy atom. The van der Waals surface area contributed by atoms with Crippen LogP contribution >= 0.6 is 0 Å². The molecule has 1 atom stereocenters. The van der Waals surface area contributed by atoms with E-state index in [9.17, 15) is 18.4 Å². The monoisotopic (exact) mass is 332 g/mol. The Labute approximate surface area is 137 Å². The Morgan fingerprint density at radius 1 is 1.21 bits per heavy atom. The molecule has 1 aliphatic rings. The van der Waals surface area contributed by atoms with Gasteiger partial charge in [-0.1, -0.05) is 12.1 Å². The maximum absolute atomic E-state index is 13.6. The summed E-state index contributed by atoms with van der Waals surface area (Å²) in [6, 6.07) is 8.34. The van der Waals surface area contributed by atoms with E-state index in [0.29, 0.717) is 17.1 Å². The lowest BCUT2D eigenvalue weighted by atomic mass is 9.95. The maximum atomic E-state index is 13.6. The molecule has 0 aromatic heterocycles. The van der Waals surface area contributed by atoms with E-state index in [1.165, 1.54) is 13.0 Å². The summed E-state index contributed by atoms with van der Waals surface area (Å²) >= 11 is 0. The van der Waals surface area contributed by atoms with E-state index in [1.807, 2.05) is 0 Å². The third-order valence-corrected chi connectivity index (χ3v) is 3.87. The molecule has 2 aromatic carbocycles. The summed E-state index contributed by atoms with van der Waals surface area (Å²) in [6.07, 6.45) is 0. The number of hydrogen-bond donors (Lipinski definition) is 0. The summed E-state index contributed by atoms with van der Waals surface area (Å²) in [7, 11) is 0. The molecule has 0 saturated carbocycles. The number of rotatable bonds is 5. The van der Waals surface area contributed by atoms with E-state index >= 15 is 0 Å². The van der Waals surface area contributed by atoms with Crippen molar-refractivity contribution >= 4 is 11.6 Å². The van der Waals surface area contributed by atoms with Crippen LogP contribution in [0.3, 0.4) is 0 Å². The third-order valence-electron chi connectivity index (χ3n) is 3.87. The van der Waals surface area contributed by atoms with Crippen LogP contribution in [0.4, 0.5) is 8.78 Å². The van der Waals surface area contributed by atoms with Gasteiger partial charge in [-0.05, 0) is 18.2 Å². The first-order chi connectivity index (χ1) is 11.5. The number of ketones is 2. The summed E-state index contributed by atoms with van der Waals surface area (Å²) in [4.78, 5) is 23.1. The van der Waals surface area contributed by atoms with Gasteiger partial charge in [0.05, 0.1) is 11.5 Å². The van der Waals surface area contributed by atoms with E-state index < -0.39 is 29.1 Å². The number of Topliss-reactive ketones (excluding diaryl/α,β-unsaturated/α-hetero) is 2. The minimum atomic E-state index is -0.681. The SMILES string of the molecule is CC(=O)C(=O)[C@@H]1COc2cc(OCc3c(F)cccc3F)ccc21. The number of fused-ring (bicyclic) bond motifs is 1. The highest BCUT2D eigenvalue weighted by Crippen LogP contribution is 2.37. The van der Waals surface area contributed by atoms with Crippen LogP contribution in [0.1, 0.15) is 24.0 Å². The molecule has 6 heteroatoms. The first kappa shape index (κ1) is 16.1. The predicted octanol–water partition coefficient (Wildman–Crippen LogP) is 3.18. The molecule has 0 amide bonds. The Balaban J connectivity index is 1.76. The van der Waals surface area contributed by atoms with Crippen molar-refractivity contribution in [2.75, 3.05) is 6.61 Å². The summed E-state index contributed by atoms with van der Waals surface area (Å²) in [5.74, 6) is -2.22. The lowest BCUT2D eigenvalue weighted by Crippen LogP contribution is -2.20. The molecule has 2 aromatic rings. The van der Waals surface area contributed by atoms with Crippen LogP contribution in [0.2, 0.25) is 0 Å². The molecule has 124 valence electrons. The second-order valence-electron chi connectivity index (χ2n) is 5.47. The van der Waals surface area contributed by atoms with Gasteiger partial charge < -0.3 is 9.47 Å². The molecule has 1 heterocycles. The van der Waals surface area contributed by atoms with Gasteiger partial charge in [0.2, 0.25) is 5.78 Å². The van der Waals surface area contributed by atoms with Gasteiger partial charge in [-0.3, -0.25) is 9.59 Å². The fourth-order valence-electron chi connectivity index (χ4n) is 2.57. The smallest absolute Gasteiger partial charge is 0.209 e. The maximum Gasteiger partial charge on any atom is 0.209 e. The van der Waals surface area contributed by atoms with E-state index in [-0.39, 0.29) is 18.8 Å². The fourth-order valence-corrected chi connectivity index (χ4v) is 2.57. The molecule has 3 rings (SSSR count). The Kier molecular flexibility index (Phi) is 4.29. The summed E-state index contributed by atoms with van der Waals surface area (Å²) < 4.78 is 38.0. The normalized spacial score (nSPS) is 15.5. The molecule has 0 spiro atoms. The predicted molar refractivity (Wildman–Crippen MR) is 81.1 cm³/mol. The van der Waals surface area contributed by atoms with Gasteiger partial charge >= 0.3 is 0 Å². The van der Waals surface area contributed by atoms with Gasteiger partial charge in [-0.2, -0.15) is 0 Å².